The lowest BCUT2D eigenvalue weighted by Gasteiger charge is -2.09. The van der Waals surface area contributed by atoms with Gasteiger partial charge in [-0.1, -0.05) is 32.0 Å². The van der Waals surface area contributed by atoms with Crippen LogP contribution in [0.4, 0.5) is 0 Å². The van der Waals surface area contributed by atoms with E-state index in [-0.39, 0.29) is 0 Å². The molecule has 2 nitrogen and oxygen atoms in total. The van der Waals surface area contributed by atoms with Gasteiger partial charge >= 0.3 is 0 Å². The van der Waals surface area contributed by atoms with Gasteiger partial charge in [0.25, 0.3) is 0 Å². The van der Waals surface area contributed by atoms with Gasteiger partial charge in [-0.3, -0.25) is 4.79 Å². The highest BCUT2D eigenvalue weighted by Crippen LogP contribution is 2.27. The summed E-state index contributed by atoms with van der Waals surface area (Å²) < 4.78 is 1.97. The number of para-hydroxylation sites is 1. The Morgan fingerprint density at radius 3 is 2.67 bits per heavy atom. The number of carbonyl (C=O) groups excluding carboxylic acids is 1. The topological polar surface area (TPSA) is 22.0 Å². The molecule has 0 spiro atoms. The van der Waals surface area contributed by atoms with E-state index >= 15 is 0 Å². The molecule has 2 aromatic rings. The van der Waals surface area contributed by atoms with Gasteiger partial charge in [0.1, 0.15) is 0 Å². The lowest BCUT2D eigenvalue weighted by Crippen LogP contribution is -1.97. The minimum absolute atomic E-state index is 0.474. The van der Waals surface area contributed by atoms with E-state index in [2.05, 4.69) is 19.9 Å². The zero-order valence-corrected chi connectivity index (χ0v) is 9.32. The first-order valence-corrected chi connectivity index (χ1v) is 5.18. The third-order valence-electron chi connectivity index (χ3n) is 2.87. The Bertz CT molecular complexity index is 508. The Morgan fingerprint density at radius 2 is 2.07 bits per heavy atom. The number of benzene rings is 1. The maximum Gasteiger partial charge on any atom is 0.166 e. The maximum atomic E-state index is 10.9. The fourth-order valence-electron chi connectivity index (χ4n) is 2.05. The normalized spacial score (nSPS) is 11.2. The minimum Gasteiger partial charge on any atom is -0.341 e. The molecule has 2 heteroatoms. The van der Waals surface area contributed by atoms with Crippen molar-refractivity contribution in [3.8, 4) is 0 Å². The van der Waals surface area contributed by atoms with Crippen LogP contribution in [0.15, 0.2) is 24.3 Å². The molecule has 0 aliphatic rings. The van der Waals surface area contributed by atoms with Gasteiger partial charge in [-0.15, -0.1) is 0 Å². The molecule has 2 rings (SSSR count). The molecule has 0 amide bonds. The lowest BCUT2D eigenvalue weighted by atomic mass is 10.0. The van der Waals surface area contributed by atoms with Crippen LogP contribution in [0.5, 0.6) is 0 Å². The van der Waals surface area contributed by atoms with Crippen LogP contribution in [0.2, 0.25) is 0 Å². The van der Waals surface area contributed by atoms with Gasteiger partial charge in [0.05, 0.1) is 11.2 Å². The molecule has 0 saturated carbocycles. The molecule has 0 bridgehead atoms. The summed E-state index contributed by atoms with van der Waals surface area (Å²) in [7, 11) is 1.94. The molecule has 0 atom stereocenters. The van der Waals surface area contributed by atoms with Gasteiger partial charge in [0, 0.05) is 12.4 Å². The first-order valence-electron chi connectivity index (χ1n) is 5.18. The average molecular weight is 201 g/mol. The molecule has 0 fully saturated rings. The van der Waals surface area contributed by atoms with Crippen LogP contribution >= 0.6 is 0 Å². The summed E-state index contributed by atoms with van der Waals surface area (Å²) in [6.07, 6.45) is 0.907. The molecule has 15 heavy (non-hydrogen) atoms. The van der Waals surface area contributed by atoms with E-state index < -0.39 is 0 Å². The number of nitrogens with zero attached hydrogens (tertiary/aromatic N) is 1. The standard InChI is InChI=1S/C13H15NO/c1-9(2)12-6-4-5-10-7-11(8-15)14(3)13(10)12/h4-9H,1-3H3. The van der Waals surface area contributed by atoms with E-state index in [1.165, 1.54) is 11.1 Å². The van der Waals surface area contributed by atoms with Crippen molar-refractivity contribution < 1.29 is 4.79 Å². The zero-order chi connectivity index (χ0) is 11.0. The molecule has 1 aromatic carbocycles. The Labute approximate surface area is 89.5 Å². The van der Waals surface area contributed by atoms with Crippen LogP contribution in [0, 0.1) is 0 Å². The predicted octanol–water partition coefficient (Wildman–Crippen LogP) is 3.11. The second kappa shape index (κ2) is 3.54. The van der Waals surface area contributed by atoms with Crippen molar-refractivity contribution in [1.82, 2.24) is 4.57 Å². The van der Waals surface area contributed by atoms with Gasteiger partial charge in [0.15, 0.2) is 6.29 Å². The van der Waals surface area contributed by atoms with Gasteiger partial charge in [0.2, 0.25) is 0 Å². The number of carbonyl (C=O) groups is 1. The van der Waals surface area contributed by atoms with Crippen LogP contribution in [0.1, 0.15) is 35.8 Å². The molecule has 0 N–H and O–H groups in total. The monoisotopic (exact) mass is 201 g/mol. The highest BCUT2D eigenvalue weighted by Gasteiger charge is 2.10. The largest absolute Gasteiger partial charge is 0.341 e. The number of fused-ring (bicyclic) bond motifs is 1. The third kappa shape index (κ3) is 1.46. The van der Waals surface area contributed by atoms with Crippen LogP contribution < -0.4 is 0 Å². The van der Waals surface area contributed by atoms with Gasteiger partial charge in [-0.25, -0.2) is 0 Å². The number of rotatable bonds is 2. The number of hydrogen-bond donors (Lipinski definition) is 0. The van der Waals surface area contributed by atoms with Crippen molar-refractivity contribution >= 4 is 17.2 Å². The molecular weight excluding hydrogens is 186 g/mol. The fraction of sp³-hybridized carbons (Fsp3) is 0.308. The average Bonchev–Trinajstić information content (AvgIpc) is 2.55. The molecule has 0 aliphatic heterocycles. The number of aryl methyl sites for hydroxylation is 1. The summed E-state index contributed by atoms with van der Waals surface area (Å²) in [5, 5.41) is 1.14. The van der Waals surface area contributed by atoms with Crippen LogP contribution in [-0.2, 0) is 7.05 Å². The van der Waals surface area contributed by atoms with Gasteiger partial charge < -0.3 is 4.57 Å². The van der Waals surface area contributed by atoms with Crippen molar-refractivity contribution in [2.24, 2.45) is 7.05 Å². The summed E-state index contributed by atoms with van der Waals surface area (Å²) in [6, 6.07) is 8.16. The molecule has 0 radical (unpaired) electrons. The maximum absolute atomic E-state index is 10.9. The van der Waals surface area contributed by atoms with E-state index in [4.69, 9.17) is 0 Å². The minimum atomic E-state index is 0.474. The van der Waals surface area contributed by atoms with E-state index in [0.717, 1.165) is 17.4 Å². The van der Waals surface area contributed by atoms with Crippen LogP contribution in [0.3, 0.4) is 0 Å². The highest BCUT2D eigenvalue weighted by molar-refractivity contribution is 5.91. The van der Waals surface area contributed by atoms with Crippen LogP contribution in [0.25, 0.3) is 10.9 Å². The second-order valence-corrected chi connectivity index (χ2v) is 4.19. The van der Waals surface area contributed by atoms with E-state index in [9.17, 15) is 4.79 Å². The summed E-state index contributed by atoms with van der Waals surface area (Å²) in [6.45, 7) is 4.34. The summed E-state index contributed by atoms with van der Waals surface area (Å²) in [5.74, 6) is 0.474. The lowest BCUT2D eigenvalue weighted by molar-refractivity contribution is 0.111. The van der Waals surface area contributed by atoms with Crippen LogP contribution in [-0.4, -0.2) is 10.9 Å². The van der Waals surface area contributed by atoms with Crippen molar-refractivity contribution in [2.75, 3.05) is 0 Å². The molecule has 1 aromatic heterocycles. The van der Waals surface area contributed by atoms with Gasteiger partial charge in [-0.05, 0) is 17.5 Å². The SMILES string of the molecule is CC(C)c1cccc2cc(C=O)n(C)c12. The number of aldehydes is 1. The smallest absolute Gasteiger partial charge is 0.166 e. The Morgan fingerprint density at radius 1 is 1.33 bits per heavy atom. The molecule has 0 saturated heterocycles. The number of hydrogen-bond acceptors (Lipinski definition) is 1. The van der Waals surface area contributed by atoms with E-state index in [1.807, 2.05) is 29.8 Å². The Kier molecular flexibility index (Phi) is 2.35. The van der Waals surface area contributed by atoms with Crippen molar-refractivity contribution in [1.29, 1.82) is 0 Å². The zero-order valence-electron chi connectivity index (χ0n) is 9.32. The predicted molar refractivity (Wildman–Crippen MR) is 62.4 cm³/mol. The van der Waals surface area contributed by atoms with E-state index in [1.54, 1.807) is 0 Å². The molecule has 0 aliphatic carbocycles. The van der Waals surface area contributed by atoms with Gasteiger partial charge in [-0.2, -0.15) is 0 Å². The highest BCUT2D eigenvalue weighted by atomic mass is 16.1. The molecular formula is C13H15NO. The fourth-order valence-corrected chi connectivity index (χ4v) is 2.05. The Balaban J connectivity index is 2.84. The van der Waals surface area contributed by atoms with Crippen molar-refractivity contribution in [3.05, 3.63) is 35.5 Å². The Hall–Kier alpha value is -1.57. The third-order valence-corrected chi connectivity index (χ3v) is 2.87. The molecule has 78 valence electrons. The first kappa shape index (κ1) is 9.97. The van der Waals surface area contributed by atoms with Crippen molar-refractivity contribution in [3.63, 3.8) is 0 Å². The first-order chi connectivity index (χ1) is 7.15. The molecule has 0 unspecified atom stereocenters. The second-order valence-electron chi connectivity index (χ2n) is 4.19. The quantitative estimate of drug-likeness (QED) is 0.684. The molecule has 1 heterocycles. The van der Waals surface area contributed by atoms with E-state index in [0.29, 0.717) is 5.92 Å². The van der Waals surface area contributed by atoms with Crippen molar-refractivity contribution in [2.45, 2.75) is 19.8 Å². The summed E-state index contributed by atoms with van der Waals surface area (Å²) in [4.78, 5) is 10.9. The summed E-state index contributed by atoms with van der Waals surface area (Å²) >= 11 is 0. The summed E-state index contributed by atoms with van der Waals surface area (Å²) in [5.41, 5.74) is 3.20. The number of aromatic nitrogens is 1.